The third-order valence-corrected chi connectivity index (χ3v) is 10.5. The largest absolute Gasteiger partial charge is 0.310 e. The molecule has 0 spiro atoms. The van der Waals surface area contributed by atoms with E-state index in [0.717, 1.165) is 29.2 Å². The van der Waals surface area contributed by atoms with E-state index in [2.05, 4.69) is 223 Å². The van der Waals surface area contributed by atoms with E-state index in [0.29, 0.717) is 5.92 Å². The standard InChI is InChI=1S/C51H40N2/c1-37-36-42(38-26-31-45(32-27-38)52(43-18-4-2-5-19-43)50-24-12-16-39-14-8-10-22-48(39)50)30-35-47(37)41-28-33-46(34-29-41)53(44-20-6-3-7-21-44)51-25-13-17-40-15-9-11-23-49(40)51/h2-35,37H,36H2,1H3. The van der Waals surface area contributed by atoms with E-state index in [9.17, 15) is 0 Å². The summed E-state index contributed by atoms with van der Waals surface area (Å²) in [4.78, 5) is 4.73. The molecule has 0 N–H and O–H groups in total. The van der Waals surface area contributed by atoms with Crippen LogP contribution in [0.3, 0.4) is 0 Å². The number of fused-ring (bicyclic) bond motifs is 2. The number of anilines is 6. The van der Waals surface area contributed by atoms with Crippen LogP contribution in [0.1, 0.15) is 24.5 Å². The molecule has 9 rings (SSSR count). The Bertz CT molecular complexity index is 2570. The summed E-state index contributed by atoms with van der Waals surface area (Å²) in [5.74, 6) is 0.389. The minimum Gasteiger partial charge on any atom is -0.310 e. The van der Waals surface area contributed by atoms with Crippen molar-refractivity contribution in [2.75, 3.05) is 9.80 Å². The molecule has 1 atom stereocenters. The van der Waals surface area contributed by atoms with Crippen molar-refractivity contribution in [2.45, 2.75) is 13.3 Å². The maximum absolute atomic E-state index is 2.37. The second kappa shape index (κ2) is 14.2. The Balaban J connectivity index is 1.01. The van der Waals surface area contributed by atoms with Crippen LogP contribution in [-0.2, 0) is 0 Å². The van der Waals surface area contributed by atoms with Crippen LogP contribution >= 0.6 is 0 Å². The molecule has 2 heteroatoms. The van der Waals surface area contributed by atoms with Crippen molar-refractivity contribution < 1.29 is 0 Å². The Morgan fingerprint density at radius 3 is 1.28 bits per heavy atom. The second-order valence-electron chi connectivity index (χ2n) is 13.9. The Kier molecular flexibility index (Phi) is 8.63. The topological polar surface area (TPSA) is 6.48 Å². The van der Waals surface area contributed by atoms with Crippen molar-refractivity contribution >= 4 is 66.8 Å². The van der Waals surface area contributed by atoms with Crippen molar-refractivity contribution in [3.63, 3.8) is 0 Å². The molecule has 0 saturated heterocycles. The van der Waals surface area contributed by atoms with E-state index in [1.165, 1.54) is 55.2 Å². The zero-order valence-electron chi connectivity index (χ0n) is 29.8. The fourth-order valence-corrected chi connectivity index (χ4v) is 7.90. The van der Waals surface area contributed by atoms with E-state index in [-0.39, 0.29) is 0 Å². The molecule has 0 aliphatic heterocycles. The van der Waals surface area contributed by atoms with Gasteiger partial charge in [0.25, 0.3) is 0 Å². The zero-order chi connectivity index (χ0) is 35.6. The summed E-state index contributed by atoms with van der Waals surface area (Å²) in [6.45, 7) is 2.35. The summed E-state index contributed by atoms with van der Waals surface area (Å²) in [6.07, 6.45) is 5.65. The number of rotatable bonds is 8. The SMILES string of the molecule is CC1CC(c2ccc(N(c3ccccc3)c3cccc4ccccc34)cc2)=CC=C1c1ccc(N(c2ccccc2)c2cccc3ccccc23)cc1. The van der Waals surface area contributed by atoms with Gasteiger partial charge in [0.15, 0.2) is 0 Å². The van der Waals surface area contributed by atoms with Gasteiger partial charge < -0.3 is 9.80 Å². The maximum atomic E-state index is 2.37. The molecule has 0 radical (unpaired) electrons. The highest BCUT2D eigenvalue weighted by Crippen LogP contribution is 2.43. The highest BCUT2D eigenvalue weighted by atomic mass is 15.1. The first kappa shape index (κ1) is 32.3. The second-order valence-corrected chi connectivity index (χ2v) is 13.9. The Labute approximate surface area is 312 Å². The van der Waals surface area contributed by atoms with Crippen molar-refractivity contribution in [1.82, 2.24) is 0 Å². The quantitative estimate of drug-likeness (QED) is 0.158. The van der Waals surface area contributed by atoms with Crippen LogP contribution in [0.4, 0.5) is 34.1 Å². The van der Waals surface area contributed by atoms with Gasteiger partial charge in [-0.25, -0.2) is 0 Å². The Morgan fingerprint density at radius 1 is 0.377 bits per heavy atom. The number of allylic oxidation sites excluding steroid dienone is 4. The molecule has 2 nitrogen and oxygen atoms in total. The van der Waals surface area contributed by atoms with Gasteiger partial charge in [-0.1, -0.05) is 153 Å². The van der Waals surface area contributed by atoms with E-state index in [4.69, 9.17) is 0 Å². The van der Waals surface area contributed by atoms with Crippen LogP contribution in [0.25, 0.3) is 32.7 Å². The Hall–Kier alpha value is -6.64. The third kappa shape index (κ3) is 6.30. The van der Waals surface area contributed by atoms with Crippen LogP contribution in [-0.4, -0.2) is 0 Å². The summed E-state index contributed by atoms with van der Waals surface area (Å²) < 4.78 is 0. The molecule has 1 aliphatic rings. The third-order valence-electron chi connectivity index (χ3n) is 10.5. The number of nitrogens with zero attached hydrogens (tertiary/aromatic N) is 2. The van der Waals surface area contributed by atoms with Gasteiger partial charge in [0, 0.05) is 33.5 Å². The summed E-state index contributed by atoms with van der Waals surface area (Å²) in [6, 6.07) is 69.9. The average molecular weight is 681 g/mol. The fraction of sp³-hybridized carbons (Fsp3) is 0.0588. The van der Waals surface area contributed by atoms with Crippen LogP contribution < -0.4 is 9.80 Å². The molecular weight excluding hydrogens is 641 g/mol. The summed E-state index contributed by atoms with van der Waals surface area (Å²) >= 11 is 0. The van der Waals surface area contributed by atoms with E-state index >= 15 is 0 Å². The van der Waals surface area contributed by atoms with Gasteiger partial charge >= 0.3 is 0 Å². The van der Waals surface area contributed by atoms with E-state index in [1.807, 2.05) is 0 Å². The van der Waals surface area contributed by atoms with Crippen molar-refractivity contribution in [3.8, 4) is 0 Å². The molecule has 0 bridgehead atoms. The lowest BCUT2D eigenvalue weighted by atomic mass is 9.82. The molecular formula is C51H40N2. The van der Waals surface area contributed by atoms with Crippen LogP contribution in [0.2, 0.25) is 0 Å². The summed E-state index contributed by atoms with van der Waals surface area (Å²) in [7, 11) is 0. The van der Waals surface area contributed by atoms with E-state index in [1.54, 1.807) is 0 Å². The molecule has 8 aromatic carbocycles. The molecule has 1 unspecified atom stereocenters. The van der Waals surface area contributed by atoms with Gasteiger partial charge in [0.2, 0.25) is 0 Å². The molecule has 53 heavy (non-hydrogen) atoms. The molecule has 0 aromatic heterocycles. The smallest absolute Gasteiger partial charge is 0.0540 e. The van der Waals surface area contributed by atoms with Gasteiger partial charge in [-0.15, -0.1) is 0 Å². The Morgan fingerprint density at radius 2 is 0.792 bits per heavy atom. The molecule has 0 heterocycles. The predicted molar refractivity (Wildman–Crippen MR) is 227 cm³/mol. The minimum atomic E-state index is 0.389. The summed E-state index contributed by atoms with van der Waals surface area (Å²) in [5.41, 5.74) is 12.2. The van der Waals surface area contributed by atoms with Crippen molar-refractivity contribution in [2.24, 2.45) is 5.92 Å². The molecule has 0 saturated carbocycles. The fourth-order valence-electron chi connectivity index (χ4n) is 7.90. The van der Waals surface area contributed by atoms with Crippen LogP contribution in [0.15, 0.2) is 206 Å². The first-order valence-electron chi connectivity index (χ1n) is 18.5. The summed E-state index contributed by atoms with van der Waals surface area (Å²) in [5, 5.41) is 4.94. The zero-order valence-corrected chi connectivity index (χ0v) is 29.8. The first-order chi connectivity index (χ1) is 26.2. The molecule has 0 fully saturated rings. The normalized spacial score (nSPS) is 14.1. The molecule has 254 valence electrons. The lowest BCUT2D eigenvalue weighted by Crippen LogP contribution is -2.11. The van der Waals surface area contributed by atoms with E-state index < -0.39 is 0 Å². The average Bonchev–Trinajstić information content (AvgIpc) is 3.23. The predicted octanol–water partition coefficient (Wildman–Crippen LogP) is 14.4. The highest BCUT2D eigenvalue weighted by Gasteiger charge is 2.21. The van der Waals surface area contributed by atoms with Gasteiger partial charge in [0.05, 0.1) is 11.4 Å². The molecule has 0 amide bonds. The number of para-hydroxylation sites is 2. The van der Waals surface area contributed by atoms with Crippen molar-refractivity contribution in [3.05, 3.63) is 217 Å². The first-order valence-corrected chi connectivity index (χ1v) is 18.5. The number of hydrogen-bond acceptors (Lipinski definition) is 2. The van der Waals surface area contributed by atoms with Gasteiger partial charge in [-0.3, -0.25) is 0 Å². The van der Waals surface area contributed by atoms with Crippen molar-refractivity contribution in [1.29, 1.82) is 0 Å². The maximum Gasteiger partial charge on any atom is 0.0540 e. The van der Waals surface area contributed by atoms with Gasteiger partial charge in [-0.05, 0) is 106 Å². The monoisotopic (exact) mass is 680 g/mol. The lowest BCUT2D eigenvalue weighted by Gasteiger charge is -2.28. The minimum absolute atomic E-state index is 0.389. The van der Waals surface area contributed by atoms with Gasteiger partial charge in [-0.2, -0.15) is 0 Å². The lowest BCUT2D eigenvalue weighted by molar-refractivity contribution is 0.771. The molecule has 1 aliphatic carbocycles. The number of benzene rings is 8. The van der Waals surface area contributed by atoms with Crippen LogP contribution in [0, 0.1) is 5.92 Å². The molecule has 8 aromatic rings. The van der Waals surface area contributed by atoms with Gasteiger partial charge in [0.1, 0.15) is 0 Å². The number of hydrogen-bond donors (Lipinski definition) is 0. The highest BCUT2D eigenvalue weighted by molar-refractivity contribution is 6.00. The van der Waals surface area contributed by atoms with Crippen LogP contribution in [0.5, 0.6) is 0 Å².